The maximum Gasteiger partial charge on any atom is 0.253 e. The lowest BCUT2D eigenvalue weighted by atomic mass is 9.96. The number of aliphatic imine (C=N–C) groups is 1. The van der Waals surface area contributed by atoms with E-state index in [-0.39, 0.29) is 23.4 Å². The third kappa shape index (κ3) is 4.72. The van der Waals surface area contributed by atoms with Crippen LogP contribution < -0.4 is 16.8 Å². The van der Waals surface area contributed by atoms with Gasteiger partial charge in [0.15, 0.2) is 0 Å². The van der Waals surface area contributed by atoms with Gasteiger partial charge in [0, 0.05) is 17.8 Å². The molecule has 7 nitrogen and oxygen atoms in total. The molecule has 0 aromatic heterocycles. The highest BCUT2D eigenvalue weighted by atomic mass is 35.5. The number of hydrogen-bond donors (Lipinski definition) is 3. The number of benzene rings is 1. The van der Waals surface area contributed by atoms with Gasteiger partial charge in [-0.2, -0.15) is 5.26 Å². The first-order chi connectivity index (χ1) is 11.5. The van der Waals surface area contributed by atoms with Gasteiger partial charge in [-0.3, -0.25) is 4.79 Å². The van der Waals surface area contributed by atoms with Gasteiger partial charge in [-0.15, -0.1) is 0 Å². The molecular formula is C16H18ClN5O2. The van der Waals surface area contributed by atoms with E-state index in [0.717, 1.165) is 0 Å². The normalized spacial score (nSPS) is 21.8. The number of amides is 1. The standard InChI is InChI=1S/C16H18ClN5O2/c17-11-1-3-12(4-2-11)22-15(19)13(16(20)23)8-21-14-9-24-6-5-10(14)7-18/h1-4,8,10,14,21H,5-6,9H2,(H2,19,22)(H2,20,23)/b13-8+. The number of nitriles is 1. The maximum absolute atomic E-state index is 11.6. The van der Waals surface area contributed by atoms with Crippen molar-refractivity contribution >= 4 is 29.0 Å². The predicted molar refractivity (Wildman–Crippen MR) is 91.5 cm³/mol. The van der Waals surface area contributed by atoms with Crippen LogP contribution >= 0.6 is 11.6 Å². The fraction of sp³-hybridized carbons (Fsp3) is 0.312. The van der Waals surface area contributed by atoms with E-state index < -0.39 is 5.91 Å². The van der Waals surface area contributed by atoms with Crippen LogP contribution in [-0.4, -0.2) is 31.0 Å². The second-order valence-corrected chi connectivity index (χ2v) is 5.70. The third-order valence-electron chi connectivity index (χ3n) is 3.58. The summed E-state index contributed by atoms with van der Waals surface area (Å²) >= 11 is 5.81. The van der Waals surface area contributed by atoms with Gasteiger partial charge in [-0.05, 0) is 30.7 Å². The van der Waals surface area contributed by atoms with E-state index in [0.29, 0.717) is 30.3 Å². The molecule has 8 heteroatoms. The molecule has 0 aliphatic carbocycles. The summed E-state index contributed by atoms with van der Waals surface area (Å²) in [7, 11) is 0. The molecule has 2 unspecified atom stereocenters. The Morgan fingerprint density at radius 1 is 1.42 bits per heavy atom. The second-order valence-electron chi connectivity index (χ2n) is 5.27. The van der Waals surface area contributed by atoms with Crippen molar-refractivity contribution in [1.29, 1.82) is 5.26 Å². The minimum atomic E-state index is -0.719. The summed E-state index contributed by atoms with van der Waals surface area (Å²) in [6.07, 6.45) is 2.02. The Balaban J connectivity index is 2.17. The molecule has 1 aliphatic rings. The fourth-order valence-corrected chi connectivity index (χ4v) is 2.36. The van der Waals surface area contributed by atoms with Crippen molar-refractivity contribution < 1.29 is 9.53 Å². The molecule has 0 bridgehead atoms. The summed E-state index contributed by atoms with van der Waals surface area (Å²) in [6.45, 7) is 0.915. The summed E-state index contributed by atoms with van der Waals surface area (Å²) in [5.74, 6) is -0.955. The second kappa shape index (κ2) is 8.34. The van der Waals surface area contributed by atoms with Crippen molar-refractivity contribution in [2.24, 2.45) is 22.4 Å². The minimum Gasteiger partial charge on any atom is -0.384 e. The molecule has 1 amide bonds. The molecule has 0 radical (unpaired) electrons. The average molecular weight is 348 g/mol. The number of nitrogens with one attached hydrogen (secondary N) is 1. The zero-order chi connectivity index (χ0) is 17.5. The van der Waals surface area contributed by atoms with Crippen LogP contribution in [0.4, 0.5) is 5.69 Å². The number of carbonyl (C=O) groups excluding carboxylic acids is 1. The van der Waals surface area contributed by atoms with Gasteiger partial charge in [0.25, 0.3) is 5.91 Å². The lowest BCUT2D eigenvalue weighted by Gasteiger charge is -2.27. The number of ether oxygens (including phenoxy) is 1. The highest BCUT2D eigenvalue weighted by molar-refractivity contribution is 6.30. The molecule has 5 N–H and O–H groups in total. The Kier molecular flexibility index (Phi) is 6.18. The van der Waals surface area contributed by atoms with Crippen LogP contribution in [0.15, 0.2) is 41.0 Å². The van der Waals surface area contributed by atoms with Crippen molar-refractivity contribution in [2.75, 3.05) is 13.2 Å². The molecule has 1 aliphatic heterocycles. The molecule has 126 valence electrons. The quantitative estimate of drug-likeness (QED) is 0.419. The van der Waals surface area contributed by atoms with Gasteiger partial charge >= 0.3 is 0 Å². The fourth-order valence-electron chi connectivity index (χ4n) is 2.23. The van der Waals surface area contributed by atoms with Gasteiger partial charge in [-0.1, -0.05) is 11.6 Å². The summed E-state index contributed by atoms with van der Waals surface area (Å²) < 4.78 is 5.34. The van der Waals surface area contributed by atoms with Crippen molar-refractivity contribution in [1.82, 2.24) is 5.32 Å². The van der Waals surface area contributed by atoms with E-state index in [1.165, 1.54) is 6.20 Å². The lowest BCUT2D eigenvalue weighted by Crippen LogP contribution is -2.42. The average Bonchev–Trinajstić information content (AvgIpc) is 2.57. The van der Waals surface area contributed by atoms with Gasteiger partial charge in [0.1, 0.15) is 5.84 Å². The summed E-state index contributed by atoms with van der Waals surface area (Å²) in [5.41, 5.74) is 11.8. The van der Waals surface area contributed by atoms with Crippen LogP contribution in [0.2, 0.25) is 5.02 Å². The first-order valence-electron chi connectivity index (χ1n) is 7.34. The molecule has 1 aromatic carbocycles. The first-order valence-corrected chi connectivity index (χ1v) is 7.72. The van der Waals surface area contributed by atoms with Gasteiger partial charge in [-0.25, -0.2) is 4.99 Å². The molecule has 0 saturated carbocycles. The summed E-state index contributed by atoms with van der Waals surface area (Å²) in [6, 6.07) is 8.65. The zero-order valence-corrected chi connectivity index (χ0v) is 13.7. The largest absolute Gasteiger partial charge is 0.384 e. The number of primary amides is 1. The van der Waals surface area contributed by atoms with Crippen molar-refractivity contribution in [3.05, 3.63) is 41.1 Å². The van der Waals surface area contributed by atoms with Crippen LogP contribution in [0.25, 0.3) is 0 Å². The smallest absolute Gasteiger partial charge is 0.253 e. The minimum absolute atomic E-state index is 0.0254. The molecule has 1 aromatic rings. The molecule has 24 heavy (non-hydrogen) atoms. The van der Waals surface area contributed by atoms with Gasteiger partial charge in [0.2, 0.25) is 0 Å². The van der Waals surface area contributed by atoms with E-state index in [2.05, 4.69) is 16.4 Å². The highest BCUT2D eigenvalue weighted by Gasteiger charge is 2.25. The molecule has 2 atom stereocenters. The summed E-state index contributed by atoms with van der Waals surface area (Å²) in [5, 5.41) is 12.7. The number of amidine groups is 1. The Morgan fingerprint density at radius 2 is 2.12 bits per heavy atom. The van der Waals surface area contributed by atoms with Crippen LogP contribution in [0.3, 0.4) is 0 Å². The Labute approximate surface area is 144 Å². The van der Waals surface area contributed by atoms with E-state index in [9.17, 15) is 4.79 Å². The monoisotopic (exact) mass is 347 g/mol. The maximum atomic E-state index is 11.6. The number of rotatable bonds is 5. The van der Waals surface area contributed by atoms with Crippen LogP contribution in [0, 0.1) is 17.2 Å². The van der Waals surface area contributed by atoms with Crippen LogP contribution in [-0.2, 0) is 9.53 Å². The molecular weight excluding hydrogens is 330 g/mol. The van der Waals surface area contributed by atoms with Crippen molar-refractivity contribution in [3.8, 4) is 6.07 Å². The molecule has 1 saturated heterocycles. The Hall–Kier alpha value is -2.56. The lowest BCUT2D eigenvalue weighted by molar-refractivity contribution is -0.114. The molecule has 0 spiro atoms. The van der Waals surface area contributed by atoms with Crippen molar-refractivity contribution in [3.63, 3.8) is 0 Å². The SMILES string of the molecule is N#CC1CCOCC1N/C=C(/C(N)=O)C(N)=Nc1ccc(Cl)cc1. The van der Waals surface area contributed by atoms with Crippen molar-refractivity contribution in [2.45, 2.75) is 12.5 Å². The van der Waals surface area contributed by atoms with E-state index in [4.69, 9.17) is 33.1 Å². The summed E-state index contributed by atoms with van der Waals surface area (Å²) in [4.78, 5) is 15.8. The number of halogens is 1. The molecule has 2 rings (SSSR count). The number of nitrogens with zero attached hydrogens (tertiary/aromatic N) is 2. The number of hydrogen-bond acceptors (Lipinski definition) is 5. The molecule has 1 heterocycles. The third-order valence-corrected chi connectivity index (χ3v) is 3.83. The highest BCUT2D eigenvalue weighted by Crippen LogP contribution is 2.17. The molecule has 1 fully saturated rings. The van der Waals surface area contributed by atoms with E-state index in [1.807, 2.05) is 0 Å². The first kappa shape index (κ1) is 17.8. The van der Waals surface area contributed by atoms with E-state index in [1.54, 1.807) is 24.3 Å². The Bertz CT molecular complexity index is 693. The Morgan fingerprint density at radius 3 is 2.75 bits per heavy atom. The van der Waals surface area contributed by atoms with Crippen LogP contribution in [0.5, 0.6) is 0 Å². The predicted octanol–water partition coefficient (Wildman–Crippen LogP) is 1.22. The van der Waals surface area contributed by atoms with Gasteiger partial charge < -0.3 is 21.5 Å². The van der Waals surface area contributed by atoms with Crippen LogP contribution in [0.1, 0.15) is 6.42 Å². The topological polar surface area (TPSA) is 127 Å². The van der Waals surface area contributed by atoms with Gasteiger partial charge in [0.05, 0.1) is 35.9 Å². The number of nitrogens with two attached hydrogens (primary N) is 2. The number of carbonyl (C=O) groups is 1. The zero-order valence-electron chi connectivity index (χ0n) is 12.9. The van der Waals surface area contributed by atoms with E-state index >= 15 is 0 Å².